The topological polar surface area (TPSA) is 66.8 Å². The second-order valence-electron chi connectivity index (χ2n) is 2.98. The van der Waals surface area contributed by atoms with Gasteiger partial charge >= 0.3 is 5.97 Å². The van der Waals surface area contributed by atoms with Crippen molar-refractivity contribution in [3.63, 3.8) is 0 Å². The molecule has 0 aromatic heterocycles. The fourth-order valence-corrected chi connectivity index (χ4v) is 0.833. The first-order valence-corrected chi connectivity index (χ1v) is 4.65. The second kappa shape index (κ2) is 8.01. The van der Waals surface area contributed by atoms with Crippen LogP contribution < -0.4 is 0 Å². The molecule has 0 aliphatic carbocycles. The molecule has 4 heteroatoms. The van der Waals surface area contributed by atoms with Crippen molar-refractivity contribution in [2.24, 2.45) is 0 Å². The summed E-state index contributed by atoms with van der Waals surface area (Å²) in [6.45, 7) is 1.57. The van der Waals surface area contributed by atoms with Gasteiger partial charge in [0.05, 0.1) is 6.61 Å². The third-order valence-corrected chi connectivity index (χ3v) is 1.63. The molecular formula is C9H18O4. The van der Waals surface area contributed by atoms with Gasteiger partial charge in [0.15, 0.2) is 0 Å². The predicted molar refractivity (Wildman–Crippen MR) is 48.2 cm³/mol. The van der Waals surface area contributed by atoms with Crippen LogP contribution in [-0.4, -0.2) is 35.5 Å². The van der Waals surface area contributed by atoms with Crippen molar-refractivity contribution < 1.29 is 19.7 Å². The molecule has 4 nitrogen and oxygen atoms in total. The van der Waals surface area contributed by atoms with E-state index in [1.165, 1.54) is 0 Å². The fourth-order valence-electron chi connectivity index (χ4n) is 0.833. The van der Waals surface area contributed by atoms with Crippen molar-refractivity contribution in [1.82, 2.24) is 0 Å². The lowest BCUT2D eigenvalue weighted by molar-refractivity contribution is -0.147. The van der Waals surface area contributed by atoms with Gasteiger partial charge in [-0.25, -0.2) is 0 Å². The van der Waals surface area contributed by atoms with Crippen LogP contribution in [0, 0.1) is 0 Å². The van der Waals surface area contributed by atoms with E-state index in [1.807, 2.05) is 0 Å². The van der Waals surface area contributed by atoms with Gasteiger partial charge in [0.25, 0.3) is 0 Å². The van der Waals surface area contributed by atoms with Gasteiger partial charge in [0, 0.05) is 6.42 Å². The number of aliphatic hydroxyl groups is 2. The molecule has 0 heterocycles. The van der Waals surface area contributed by atoms with Crippen LogP contribution in [0.3, 0.4) is 0 Å². The summed E-state index contributed by atoms with van der Waals surface area (Å²) in [5.41, 5.74) is 0. The summed E-state index contributed by atoms with van der Waals surface area (Å²) in [5, 5.41) is 17.3. The zero-order valence-corrected chi connectivity index (χ0v) is 8.03. The monoisotopic (exact) mass is 190 g/mol. The van der Waals surface area contributed by atoms with E-state index in [-0.39, 0.29) is 19.2 Å². The molecule has 1 atom stereocenters. The first kappa shape index (κ1) is 12.4. The van der Waals surface area contributed by atoms with Crippen LogP contribution in [0.25, 0.3) is 0 Å². The molecule has 2 N–H and O–H groups in total. The van der Waals surface area contributed by atoms with E-state index in [9.17, 15) is 4.79 Å². The Morgan fingerprint density at radius 1 is 1.46 bits per heavy atom. The molecule has 0 fully saturated rings. The fraction of sp³-hybridized carbons (Fsp3) is 0.889. The van der Waals surface area contributed by atoms with Gasteiger partial charge < -0.3 is 14.9 Å². The van der Waals surface area contributed by atoms with Crippen molar-refractivity contribution in [2.75, 3.05) is 13.2 Å². The minimum Gasteiger partial charge on any atom is -0.463 e. The Hall–Kier alpha value is -0.610. The Labute approximate surface area is 78.5 Å². The number of ether oxygens (including phenoxy) is 1. The van der Waals surface area contributed by atoms with Gasteiger partial charge in [0.1, 0.15) is 12.7 Å². The molecule has 0 aliphatic rings. The van der Waals surface area contributed by atoms with Gasteiger partial charge in [-0.3, -0.25) is 4.79 Å². The molecule has 0 amide bonds. The molecule has 0 radical (unpaired) electrons. The van der Waals surface area contributed by atoms with Crippen molar-refractivity contribution in [3.05, 3.63) is 0 Å². The third kappa shape index (κ3) is 7.74. The van der Waals surface area contributed by atoms with E-state index in [0.717, 1.165) is 19.3 Å². The Bertz CT molecular complexity index is 136. The summed E-state index contributed by atoms with van der Waals surface area (Å²) in [5.74, 6) is -0.305. The standard InChI is InChI=1S/C9H18O4/c1-2-3-4-5-9(12)13-7-8(11)6-10/h8,10-11H,2-7H2,1H3/t8-/m0/s1. The van der Waals surface area contributed by atoms with E-state index in [4.69, 9.17) is 14.9 Å². The maximum absolute atomic E-state index is 10.9. The van der Waals surface area contributed by atoms with E-state index >= 15 is 0 Å². The molecule has 0 spiro atoms. The zero-order valence-electron chi connectivity index (χ0n) is 8.03. The lowest BCUT2D eigenvalue weighted by Crippen LogP contribution is -2.21. The van der Waals surface area contributed by atoms with E-state index in [0.29, 0.717) is 6.42 Å². The van der Waals surface area contributed by atoms with E-state index in [1.54, 1.807) is 0 Å². The number of rotatable bonds is 7. The van der Waals surface area contributed by atoms with Crippen molar-refractivity contribution >= 4 is 5.97 Å². The Morgan fingerprint density at radius 2 is 2.15 bits per heavy atom. The molecule has 0 aromatic rings. The highest BCUT2D eigenvalue weighted by molar-refractivity contribution is 5.69. The molecule has 0 saturated carbocycles. The number of carbonyl (C=O) groups is 1. The average molecular weight is 190 g/mol. The van der Waals surface area contributed by atoms with Crippen molar-refractivity contribution in [1.29, 1.82) is 0 Å². The summed E-state index contributed by atoms with van der Waals surface area (Å²) in [6.07, 6.45) is 2.34. The number of hydrogen-bond acceptors (Lipinski definition) is 4. The smallest absolute Gasteiger partial charge is 0.305 e. The van der Waals surface area contributed by atoms with Crippen molar-refractivity contribution in [2.45, 2.75) is 38.7 Å². The van der Waals surface area contributed by atoms with Crippen LogP contribution in [0.15, 0.2) is 0 Å². The van der Waals surface area contributed by atoms with E-state index < -0.39 is 6.10 Å². The largest absolute Gasteiger partial charge is 0.463 e. The summed E-state index contributed by atoms with van der Waals surface area (Å²) < 4.78 is 4.69. The maximum Gasteiger partial charge on any atom is 0.305 e. The minimum atomic E-state index is -0.949. The van der Waals surface area contributed by atoms with Crippen molar-refractivity contribution in [3.8, 4) is 0 Å². The van der Waals surface area contributed by atoms with Gasteiger partial charge in [-0.05, 0) is 6.42 Å². The summed E-state index contributed by atoms with van der Waals surface area (Å²) in [4.78, 5) is 10.9. The maximum atomic E-state index is 10.9. The Kier molecular flexibility index (Phi) is 7.63. The molecule has 78 valence electrons. The normalized spacial score (nSPS) is 12.5. The summed E-state index contributed by atoms with van der Waals surface area (Å²) in [6, 6.07) is 0. The number of carbonyl (C=O) groups excluding carboxylic acids is 1. The minimum absolute atomic E-state index is 0.110. The van der Waals surface area contributed by atoms with Gasteiger partial charge in [-0.1, -0.05) is 19.8 Å². The van der Waals surface area contributed by atoms with Crippen LogP contribution in [0.2, 0.25) is 0 Å². The summed E-state index contributed by atoms with van der Waals surface area (Å²) >= 11 is 0. The van der Waals surface area contributed by atoms with Crippen LogP contribution in [0.1, 0.15) is 32.6 Å². The van der Waals surface area contributed by atoms with Crippen LogP contribution >= 0.6 is 0 Å². The van der Waals surface area contributed by atoms with Crippen LogP contribution in [0.4, 0.5) is 0 Å². The first-order chi connectivity index (χ1) is 6.20. The molecule has 0 aromatic carbocycles. The zero-order chi connectivity index (χ0) is 10.1. The van der Waals surface area contributed by atoms with Gasteiger partial charge in [-0.2, -0.15) is 0 Å². The molecule has 13 heavy (non-hydrogen) atoms. The number of aliphatic hydroxyl groups excluding tert-OH is 2. The lowest BCUT2D eigenvalue weighted by atomic mass is 10.2. The first-order valence-electron chi connectivity index (χ1n) is 4.65. The molecule has 0 unspecified atom stereocenters. The highest BCUT2D eigenvalue weighted by atomic mass is 16.5. The molecular weight excluding hydrogens is 172 g/mol. The molecule has 0 bridgehead atoms. The molecule has 0 rings (SSSR count). The highest BCUT2D eigenvalue weighted by Gasteiger charge is 2.06. The number of unbranched alkanes of at least 4 members (excludes halogenated alkanes) is 2. The Balaban J connectivity index is 3.30. The average Bonchev–Trinajstić information content (AvgIpc) is 2.14. The quantitative estimate of drug-likeness (QED) is 0.452. The Morgan fingerprint density at radius 3 is 2.69 bits per heavy atom. The molecule has 0 aliphatic heterocycles. The van der Waals surface area contributed by atoms with Gasteiger partial charge in [-0.15, -0.1) is 0 Å². The van der Waals surface area contributed by atoms with Gasteiger partial charge in [0.2, 0.25) is 0 Å². The second-order valence-corrected chi connectivity index (χ2v) is 2.98. The van der Waals surface area contributed by atoms with Crippen LogP contribution in [-0.2, 0) is 9.53 Å². The number of esters is 1. The predicted octanol–water partition coefficient (Wildman–Crippen LogP) is 0.463. The molecule has 0 saturated heterocycles. The highest BCUT2D eigenvalue weighted by Crippen LogP contribution is 2.00. The lowest BCUT2D eigenvalue weighted by Gasteiger charge is -2.07. The van der Waals surface area contributed by atoms with Crippen LogP contribution in [0.5, 0.6) is 0 Å². The van der Waals surface area contributed by atoms with E-state index in [2.05, 4.69) is 6.92 Å². The number of hydrogen-bond donors (Lipinski definition) is 2. The summed E-state index contributed by atoms with van der Waals surface area (Å²) in [7, 11) is 0. The SMILES string of the molecule is CCCCCC(=O)OC[C@@H](O)CO. The third-order valence-electron chi connectivity index (χ3n) is 1.63.